The topological polar surface area (TPSA) is 186 Å². The molecule has 0 aliphatic rings. The van der Waals surface area contributed by atoms with Gasteiger partial charge >= 0.3 is 17.9 Å². The van der Waals surface area contributed by atoms with Crippen LogP contribution in [-0.2, 0) is 80.7 Å². The van der Waals surface area contributed by atoms with Crippen molar-refractivity contribution in [3.63, 3.8) is 0 Å². The van der Waals surface area contributed by atoms with E-state index in [1.165, 1.54) is 16.7 Å². The van der Waals surface area contributed by atoms with Gasteiger partial charge in [0.05, 0.1) is 50.5 Å². The van der Waals surface area contributed by atoms with Crippen molar-refractivity contribution in [1.82, 2.24) is 57.3 Å². The van der Waals surface area contributed by atoms with Crippen molar-refractivity contribution in [2.75, 3.05) is 19.8 Å². The van der Waals surface area contributed by atoms with E-state index in [0.717, 1.165) is 128 Å². The molecule has 11 aromatic rings. The van der Waals surface area contributed by atoms with Crippen LogP contribution in [0.25, 0.3) is 22.8 Å². The van der Waals surface area contributed by atoms with Crippen LogP contribution in [0.3, 0.4) is 0 Å². The Hall–Kier alpha value is -10.2. The van der Waals surface area contributed by atoms with E-state index in [9.17, 15) is 14.4 Å². The van der Waals surface area contributed by atoms with Gasteiger partial charge in [0.1, 0.15) is 34.9 Å². The Bertz CT molecular complexity index is 3930. The van der Waals surface area contributed by atoms with Crippen molar-refractivity contribution in [2.45, 2.75) is 172 Å². The number of aryl methyl sites for hydroxylation is 9. The number of esters is 3. The van der Waals surface area contributed by atoms with Crippen LogP contribution in [0.2, 0.25) is 0 Å². The largest absolute Gasteiger partial charge is 0.466 e. The second-order valence-corrected chi connectivity index (χ2v) is 23.4. The SMILES string of the molecule is CCCCOC(=O)CCn1cc(C)nc1CC.CCCCOC(=O)CCn1ccnc1-c1ccccc1.CCCCOC(=O)CCn1ccnc1C.CCc1nc(C)cn1Cc1ccccc1.Cc1nccn1Cc1ccccc1.c1ccc(Cn2ccnc2-c2ccccc2)cc1. The van der Waals surface area contributed by atoms with Gasteiger partial charge < -0.3 is 41.6 Å². The average Bonchev–Trinajstić information content (AvgIpc) is 1.71. The van der Waals surface area contributed by atoms with Gasteiger partial charge in [0.2, 0.25) is 0 Å². The lowest BCUT2D eigenvalue weighted by atomic mass is 10.2. The number of carbonyl (C=O) groups is 3. The van der Waals surface area contributed by atoms with E-state index in [-0.39, 0.29) is 17.9 Å². The molecule has 6 aromatic heterocycles. The zero-order valence-electron chi connectivity index (χ0n) is 59.2. The molecular weight excluding hydrogens is 1220 g/mol. The Kier molecular flexibility index (Phi) is 34.9. The van der Waals surface area contributed by atoms with Gasteiger partial charge in [-0.1, -0.05) is 206 Å². The average molecular weight is 1330 g/mol. The van der Waals surface area contributed by atoms with E-state index >= 15 is 0 Å². The van der Waals surface area contributed by atoms with Crippen LogP contribution >= 0.6 is 0 Å². The quantitative estimate of drug-likeness (QED) is 0.0257. The number of nitrogens with zero attached hydrogens (tertiary/aromatic N) is 12. The van der Waals surface area contributed by atoms with E-state index in [4.69, 9.17) is 14.2 Å². The van der Waals surface area contributed by atoms with Crippen molar-refractivity contribution < 1.29 is 28.6 Å². The number of ether oxygens (including phenoxy) is 3. The molecule has 18 heteroatoms. The summed E-state index contributed by atoms with van der Waals surface area (Å²) in [6.07, 6.45) is 28.1. The molecule has 6 heterocycles. The summed E-state index contributed by atoms with van der Waals surface area (Å²) in [6.45, 7) is 24.6. The molecule has 0 spiro atoms. The predicted octanol–water partition coefficient (Wildman–Crippen LogP) is 16.3. The Morgan fingerprint density at radius 1 is 0.357 bits per heavy atom. The van der Waals surface area contributed by atoms with E-state index in [1.54, 1.807) is 12.4 Å². The fourth-order valence-corrected chi connectivity index (χ4v) is 10.1. The minimum absolute atomic E-state index is 0.119. The minimum atomic E-state index is -0.147. The molecule has 0 fully saturated rings. The summed E-state index contributed by atoms with van der Waals surface area (Å²) in [5, 5.41) is 0. The first kappa shape index (κ1) is 76.8. The zero-order valence-corrected chi connectivity index (χ0v) is 59.2. The van der Waals surface area contributed by atoms with E-state index in [1.807, 2.05) is 152 Å². The summed E-state index contributed by atoms with van der Waals surface area (Å²) in [4.78, 5) is 60.2. The van der Waals surface area contributed by atoms with E-state index < -0.39 is 0 Å². The molecule has 0 unspecified atom stereocenters. The molecule has 0 atom stereocenters. The number of hydrogen-bond acceptors (Lipinski definition) is 12. The molecule has 0 saturated heterocycles. The molecule has 0 N–H and O–H groups in total. The molecule has 0 bridgehead atoms. The Balaban J connectivity index is 0.000000186. The highest BCUT2D eigenvalue weighted by Gasteiger charge is 2.12. The highest BCUT2D eigenvalue weighted by atomic mass is 16.5. The summed E-state index contributed by atoms with van der Waals surface area (Å²) in [6, 6.07) is 51.5. The van der Waals surface area contributed by atoms with Crippen LogP contribution in [-0.4, -0.2) is 95.0 Å². The lowest BCUT2D eigenvalue weighted by molar-refractivity contribution is -0.144. The van der Waals surface area contributed by atoms with Gasteiger partial charge in [-0.15, -0.1) is 0 Å². The van der Waals surface area contributed by atoms with Crippen LogP contribution in [0.4, 0.5) is 0 Å². The number of benzene rings is 5. The third-order valence-corrected chi connectivity index (χ3v) is 15.5. The summed E-state index contributed by atoms with van der Waals surface area (Å²) in [5.74, 6) is 5.68. The van der Waals surface area contributed by atoms with Crippen molar-refractivity contribution in [1.29, 1.82) is 0 Å². The number of rotatable bonds is 28. The molecule has 0 aliphatic carbocycles. The van der Waals surface area contributed by atoms with Gasteiger partial charge in [0.25, 0.3) is 0 Å². The minimum Gasteiger partial charge on any atom is -0.466 e. The molecule has 0 amide bonds. The third-order valence-electron chi connectivity index (χ3n) is 15.5. The molecule has 518 valence electrons. The lowest BCUT2D eigenvalue weighted by Gasteiger charge is -2.08. The second-order valence-electron chi connectivity index (χ2n) is 23.4. The first-order valence-electron chi connectivity index (χ1n) is 34.5. The number of carbonyl (C=O) groups excluding carboxylic acids is 3. The molecule has 5 aromatic carbocycles. The Morgan fingerprint density at radius 2 is 0.673 bits per heavy atom. The van der Waals surface area contributed by atoms with Crippen LogP contribution < -0.4 is 0 Å². The molecule has 98 heavy (non-hydrogen) atoms. The maximum Gasteiger partial charge on any atom is 0.307 e. The first-order chi connectivity index (χ1) is 47.8. The van der Waals surface area contributed by atoms with E-state index in [0.29, 0.717) is 58.7 Å². The zero-order chi connectivity index (χ0) is 70.0. The monoisotopic (exact) mass is 1330 g/mol. The summed E-state index contributed by atoms with van der Waals surface area (Å²) in [5.41, 5.74) is 8.22. The van der Waals surface area contributed by atoms with Crippen molar-refractivity contribution in [2.24, 2.45) is 0 Å². The van der Waals surface area contributed by atoms with E-state index in [2.05, 4.69) is 169 Å². The standard InChI is InChI=1S/C16H20N2O2.C16H14N2.C13H22N2O2.C13H16N2.C11H18N2O2.C11H12N2/c1-2-3-13-20-15(19)9-11-18-12-10-17-16(18)14-7-5-4-6-8-14;1-3-7-14(8-4-1)13-18-12-11-17-16(18)15-9-5-2-6-10-15;1-4-6-9-17-13(16)7-8-15-10-11(3)14-12(15)5-2;1-3-13-14-11(2)9-15(13)10-12-7-5-4-6-8-12;1-3-4-9-15-11(14)5-7-13-8-6-12-10(13)2;1-10-12-7-8-13(10)9-11-5-3-2-4-6-11/h4-8,10,12H,2-3,9,11,13H2,1H3;1-12H,13H2;10H,4-9H2,1-3H3;4-9H,3,10H2,1-2H3;6,8H,3-5,7,9H2,1-2H3;2-8H,9H2,1H3. The predicted molar refractivity (Wildman–Crippen MR) is 390 cm³/mol. The maximum atomic E-state index is 11.6. The van der Waals surface area contributed by atoms with Crippen molar-refractivity contribution in [3.05, 3.63) is 265 Å². The van der Waals surface area contributed by atoms with Crippen molar-refractivity contribution in [3.8, 4) is 22.8 Å². The van der Waals surface area contributed by atoms with Gasteiger partial charge in [-0.05, 0) is 63.6 Å². The van der Waals surface area contributed by atoms with Gasteiger partial charge in [0, 0.05) is 125 Å². The Morgan fingerprint density at radius 3 is 1.07 bits per heavy atom. The summed E-state index contributed by atoms with van der Waals surface area (Å²) < 4.78 is 27.8. The molecular formula is C80H102N12O6. The first-order valence-corrected chi connectivity index (χ1v) is 34.5. The highest BCUT2D eigenvalue weighted by molar-refractivity contribution is 5.70. The van der Waals surface area contributed by atoms with Gasteiger partial charge in [-0.3, -0.25) is 14.4 Å². The number of aromatic nitrogens is 12. The van der Waals surface area contributed by atoms with Gasteiger partial charge in [0.15, 0.2) is 0 Å². The molecule has 18 nitrogen and oxygen atoms in total. The molecule has 11 rings (SSSR count). The summed E-state index contributed by atoms with van der Waals surface area (Å²) in [7, 11) is 0. The maximum absolute atomic E-state index is 11.6. The fraction of sp³-hybridized carbons (Fsp3) is 0.362. The smallest absolute Gasteiger partial charge is 0.307 e. The number of imidazole rings is 6. The van der Waals surface area contributed by atoms with Crippen molar-refractivity contribution >= 4 is 17.9 Å². The number of unbranched alkanes of at least 4 members (excludes halogenated alkanes) is 3. The Labute approximate surface area is 580 Å². The van der Waals surface area contributed by atoms with Crippen LogP contribution in [0, 0.1) is 27.7 Å². The van der Waals surface area contributed by atoms with Crippen LogP contribution in [0.15, 0.2) is 214 Å². The van der Waals surface area contributed by atoms with Gasteiger partial charge in [-0.25, -0.2) is 29.9 Å². The third kappa shape index (κ3) is 28.2. The highest BCUT2D eigenvalue weighted by Crippen LogP contribution is 2.20. The molecule has 0 saturated carbocycles. The summed E-state index contributed by atoms with van der Waals surface area (Å²) >= 11 is 0. The van der Waals surface area contributed by atoms with Gasteiger partial charge in [-0.2, -0.15) is 0 Å². The fourth-order valence-electron chi connectivity index (χ4n) is 10.1. The van der Waals surface area contributed by atoms with Crippen LogP contribution in [0.1, 0.15) is 144 Å². The van der Waals surface area contributed by atoms with Crippen LogP contribution in [0.5, 0.6) is 0 Å². The number of hydrogen-bond donors (Lipinski definition) is 0. The molecule has 0 radical (unpaired) electrons. The normalized spacial score (nSPS) is 10.4. The second kappa shape index (κ2) is 44.5. The molecule has 0 aliphatic heterocycles. The lowest BCUT2D eigenvalue weighted by Crippen LogP contribution is -2.11.